The molecule has 0 saturated carbocycles. The van der Waals surface area contributed by atoms with E-state index in [4.69, 9.17) is 0 Å². The van der Waals surface area contributed by atoms with Crippen LogP contribution in [0.15, 0.2) is 77.0 Å². The van der Waals surface area contributed by atoms with Crippen LogP contribution < -0.4 is 4.90 Å². The number of rotatable bonds is 4. The Kier molecular flexibility index (Phi) is 4.61. The van der Waals surface area contributed by atoms with Crippen molar-refractivity contribution in [1.29, 1.82) is 0 Å². The van der Waals surface area contributed by atoms with Crippen LogP contribution in [0.3, 0.4) is 0 Å². The van der Waals surface area contributed by atoms with Crippen molar-refractivity contribution in [2.24, 2.45) is 10.2 Å². The highest BCUT2D eigenvalue weighted by Crippen LogP contribution is 2.22. The molecule has 2 aromatic rings. The number of hydrogen-bond donors (Lipinski definition) is 0. The third-order valence-corrected chi connectivity index (χ3v) is 2.94. The van der Waals surface area contributed by atoms with Gasteiger partial charge in [-0.1, -0.05) is 24.8 Å². The van der Waals surface area contributed by atoms with Crippen molar-refractivity contribution in [3.63, 3.8) is 0 Å². The molecule has 0 atom stereocenters. The molecule has 0 spiro atoms. The number of amides is 1. The summed E-state index contributed by atoms with van der Waals surface area (Å²) in [6.07, 6.45) is 0. The molecular weight excluding hydrogens is 262 g/mol. The monoisotopic (exact) mass is 279 g/mol. The van der Waals surface area contributed by atoms with Gasteiger partial charge in [-0.05, 0) is 43.3 Å². The molecule has 0 aromatic heterocycles. The van der Waals surface area contributed by atoms with Gasteiger partial charge in [-0.15, -0.1) is 0 Å². The Hall–Kier alpha value is -2.75. The van der Waals surface area contributed by atoms with Gasteiger partial charge in [0.2, 0.25) is 0 Å². The molecule has 0 N–H and O–H groups in total. The largest absolute Gasteiger partial charge is 0.312 e. The van der Waals surface area contributed by atoms with E-state index in [0.29, 0.717) is 5.57 Å². The molecule has 0 bridgehead atoms. The van der Waals surface area contributed by atoms with E-state index >= 15 is 0 Å². The van der Waals surface area contributed by atoms with E-state index in [2.05, 4.69) is 16.8 Å². The summed E-state index contributed by atoms with van der Waals surface area (Å²) < 4.78 is 0. The molecule has 106 valence electrons. The summed E-state index contributed by atoms with van der Waals surface area (Å²) in [5.74, 6) is -0.103. The van der Waals surface area contributed by atoms with Gasteiger partial charge >= 0.3 is 0 Å². The number of azo groups is 1. The van der Waals surface area contributed by atoms with Crippen molar-refractivity contribution in [3.8, 4) is 0 Å². The van der Waals surface area contributed by atoms with E-state index in [-0.39, 0.29) is 5.91 Å². The molecule has 0 aliphatic heterocycles. The van der Waals surface area contributed by atoms with Gasteiger partial charge in [0.25, 0.3) is 5.91 Å². The van der Waals surface area contributed by atoms with Gasteiger partial charge in [0, 0.05) is 18.3 Å². The smallest absolute Gasteiger partial charge is 0.253 e. The average molecular weight is 279 g/mol. The van der Waals surface area contributed by atoms with Gasteiger partial charge < -0.3 is 4.90 Å². The molecule has 0 radical (unpaired) electrons. The molecule has 0 aliphatic carbocycles. The predicted octanol–water partition coefficient (Wildman–Crippen LogP) is 4.64. The first kappa shape index (κ1) is 14.7. The van der Waals surface area contributed by atoms with Crippen LogP contribution in [0.5, 0.6) is 0 Å². The van der Waals surface area contributed by atoms with E-state index in [9.17, 15) is 4.79 Å². The minimum Gasteiger partial charge on any atom is -0.312 e. The van der Waals surface area contributed by atoms with Gasteiger partial charge in [0.05, 0.1) is 11.4 Å². The fourth-order valence-electron chi connectivity index (χ4n) is 1.76. The van der Waals surface area contributed by atoms with E-state index < -0.39 is 0 Å². The second-order valence-electron chi connectivity index (χ2n) is 4.70. The Morgan fingerprint density at radius 3 is 2.00 bits per heavy atom. The summed E-state index contributed by atoms with van der Waals surface area (Å²) in [4.78, 5) is 13.4. The van der Waals surface area contributed by atoms with Crippen molar-refractivity contribution in [2.75, 3.05) is 11.9 Å². The SMILES string of the molecule is C=C(C)C(=O)N(C)c1ccc(N=Nc2ccccc2)cc1. The van der Waals surface area contributed by atoms with Gasteiger partial charge in [0.15, 0.2) is 0 Å². The Morgan fingerprint density at radius 1 is 0.952 bits per heavy atom. The van der Waals surface area contributed by atoms with Crippen molar-refractivity contribution < 1.29 is 4.79 Å². The zero-order valence-corrected chi connectivity index (χ0v) is 12.2. The lowest BCUT2D eigenvalue weighted by Gasteiger charge is -2.17. The molecule has 2 aromatic carbocycles. The molecule has 0 heterocycles. The normalized spacial score (nSPS) is 10.6. The molecule has 0 aliphatic rings. The van der Waals surface area contributed by atoms with Crippen LogP contribution >= 0.6 is 0 Å². The third-order valence-electron chi connectivity index (χ3n) is 2.94. The second-order valence-corrected chi connectivity index (χ2v) is 4.70. The van der Waals surface area contributed by atoms with Gasteiger partial charge in [-0.3, -0.25) is 4.79 Å². The first-order chi connectivity index (χ1) is 10.1. The summed E-state index contributed by atoms with van der Waals surface area (Å²) in [5, 5.41) is 8.31. The first-order valence-corrected chi connectivity index (χ1v) is 6.58. The summed E-state index contributed by atoms with van der Waals surface area (Å²) in [6, 6.07) is 16.8. The Bertz CT molecular complexity index is 660. The van der Waals surface area contributed by atoms with Crippen LogP contribution in [-0.4, -0.2) is 13.0 Å². The maximum absolute atomic E-state index is 11.8. The quantitative estimate of drug-likeness (QED) is 0.594. The maximum Gasteiger partial charge on any atom is 0.253 e. The molecule has 0 saturated heterocycles. The zero-order valence-electron chi connectivity index (χ0n) is 12.2. The van der Waals surface area contributed by atoms with Crippen molar-refractivity contribution in [3.05, 3.63) is 66.7 Å². The van der Waals surface area contributed by atoms with E-state index in [1.807, 2.05) is 54.6 Å². The predicted molar refractivity (Wildman–Crippen MR) is 85.3 cm³/mol. The van der Waals surface area contributed by atoms with Gasteiger partial charge in [-0.2, -0.15) is 10.2 Å². The minimum absolute atomic E-state index is 0.103. The molecule has 4 nitrogen and oxygen atoms in total. The first-order valence-electron chi connectivity index (χ1n) is 6.58. The van der Waals surface area contributed by atoms with Crippen molar-refractivity contribution in [1.82, 2.24) is 0 Å². The second kappa shape index (κ2) is 6.61. The number of hydrogen-bond acceptors (Lipinski definition) is 3. The highest BCUT2D eigenvalue weighted by Gasteiger charge is 2.10. The summed E-state index contributed by atoms with van der Waals surface area (Å²) in [6.45, 7) is 5.35. The van der Waals surface area contributed by atoms with Crippen molar-refractivity contribution in [2.45, 2.75) is 6.92 Å². The number of carbonyl (C=O) groups is 1. The third kappa shape index (κ3) is 3.86. The molecule has 2 rings (SSSR count). The fourth-order valence-corrected chi connectivity index (χ4v) is 1.76. The molecule has 0 fully saturated rings. The van der Waals surface area contributed by atoms with E-state index in [0.717, 1.165) is 17.1 Å². The highest BCUT2D eigenvalue weighted by atomic mass is 16.2. The highest BCUT2D eigenvalue weighted by molar-refractivity contribution is 6.04. The topological polar surface area (TPSA) is 45.0 Å². The molecule has 0 unspecified atom stereocenters. The Labute approximate surface area is 124 Å². The van der Waals surface area contributed by atoms with Crippen LogP contribution in [0.2, 0.25) is 0 Å². The van der Waals surface area contributed by atoms with Crippen LogP contribution in [-0.2, 0) is 4.79 Å². The summed E-state index contributed by atoms with van der Waals surface area (Å²) >= 11 is 0. The fraction of sp³-hybridized carbons (Fsp3) is 0.118. The van der Waals surface area contributed by atoms with E-state index in [1.165, 1.54) is 0 Å². The summed E-state index contributed by atoms with van der Waals surface area (Å²) in [5.41, 5.74) is 2.84. The van der Waals surface area contributed by atoms with Gasteiger partial charge in [0.1, 0.15) is 0 Å². The maximum atomic E-state index is 11.8. The molecule has 21 heavy (non-hydrogen) atoms. The number of likely N-dealkylation sites (N-methyl/N-ethyl adjacent to an activating group) is 1. The minimum atomic E-state index is -0.103. The van der Waals surface area contributed by atoms with E-state index in [1.54, 1.807) is 18.9 Å². The lowest BCUT2D eigenvalue weighted by atomic mass is 10.2. The number of carbonyl (C=O) groups excluding carboxylic acids is 1. The van der Waals surface area contributed by atoms with Crippen LogP contribution in [0.25, 0.3) is 0 Å². The van der Waals surface area contributed by atoms with Crippen LogP contribution in [0.4, 0.5) is 17.1 Å². The lowest BCUT2D eigenvalue weighted by Crippen LogP contribution is -2.26. The number of anilines is 1. The zero-order chi connectivity index (χ0) is 15.2. The van der Waals surface area contributed by atoms with Crippen molar-refractivity contribution >= 4 is 23.0 Å². The molecule has 4 heteroatoms. The van der Waals surface area contributed by atoms with Crippen LogP contribution in [0.1, 0.15) is 6.92 Å². The molecular formula is C17H17N3O. The average Bonchev–Trinajstić information content (AvgIpc) is 2.53. The summed E-state index contributed by atoms with van der Waals surface area (Å²) in [7, 11) is 1.72. The lowest BCUT2D eigenvalue weighted by molar-refractivity contribution is -0.114. The number of benzene rings is 2. The Morgan fingerprint density at radius 2 is 1.48 bits per heavy atom. The van der Waals surface area contributed by atoms with Crippen LogP contribution in [0, 0.1) is 0 Å². The van der Waals surface area contributed by atoms with Gasteiger partial charge in [-0.25, -0.2) is 0 Å². The Balaban J connectivity index is 2.11. The number of nitrogens with zero attached hydrogens (tertiary/aromatic N) is 3. The molecule has 1 amide bonds. The standard InChI is InChI=1S/C17H17N3O/c1-13(2)17(21)20(3)16-11-9-15(10-12-16)19-18-14-7-5-4-6-8-14/h4-12H,1H2,2-3H3.